The highest BCUT2D eigenvalue weighted by Gasteiger charge is 2.33. The lowest BCUT2D eigenvalue weighted by Gasteiger charge is -2.33. The minimum Gasteiger partial charge on any atom is -0.481 e. The lowest BCUT2D eigenvalue weighted by Crippen LogP contribution is -2.54. The molecular formula is C10H17N3O6S. The number of carboxylic acid groups (broad SMARTS) is 1. The average Bonchev–Trinajstić information content (AvgIpc) is 2.29. The van der Waals surface area contributed by atoms with E-state index in [2.05, 4.69) is 10.9 Å². The third kappa shape index (κ3) is 5.53. The maximum absolute atomic E-state index is 11.5. The molecule has 20 heavy (non-hydrogen) atoms. The summed E-state index contributed by atoms with van der Waals surface area (Å²) < 4.78 is 23.0. The van der Waals surface area contributed by atoms with Crippen LogP contribution in [0.5, 0.6) is 0 Å². The third-order valence-corrected chi connectivity index (χ3v) is 4.48. The monoisotopic (exact) mass is 307 g/mol. The first kappa shape index (κ1) is 16.4. The molecule has 0 spiro atoms. The number of carbonyl (C=O) groups is 3. The molecule has 1 aliphatic heterocycles. The van der Waals surface area contributed by atoms with Crippen LogP contribution in [0.25, 0.3) is 0 Å². The zero-order valence-corrected chi connectivity index (χ0v) is 11.8. The van der Waals surface area contributed by atoms with Gasteiger partial charge in [-0.15, -0.1) is 0 Å². The second kappa shape index (κ2) is 6.66. The highest BCUT2D eigenvalue weighted by molar-refractivity contribution is 7.91. The molecule has 0 aromatic rings. The summed E-state index contributed by atoms with van der Waals surface area (Å²) in [7, 11) is -3.28. The lowest BCUT2D eigenvalue weighted by molar-refractivity contribution is -0.139. The first-order chi connectivity index (χ1) is 9.19. The molecule has 114 valence electrons. The van der Waals surface area contributed by atoms with Crippen LogP contribution in [0.15, 0.2) is 0 Å². The molecule has 1 fully saturated rings. The molecule has 0 aromatic heterocycles. The first-order valence-corrected chi connectivity index (χ1v) is 7.73. The number of carbonyl (C=O) groups excluding carboxylic acids is 2. The molecule has 1 saturated heterocycles. The number of carboxylic acids is 1. The Hall–Kier alpha value is -1.68. The Bertz CT molecular complexity index is 503. The smallest absolute Gasteiger partial charge is 0.304 e. The predicted octanol–water partition coefficient (Wildman–Crippen LogP) is -2.27. The number of rotatable bonds is 4. The summed E-state index contributed by atoms with van der Waals surface area (Å²) >= 11 is 0. The standard InChI is InChI=1S/C10H17N3O6S/c1-7(14)11-12-9(15)5-13-2-3-20(18,19)6-8(13)4-10(16)17/h8H,2-6H2,1H3,(H,11,14)(H,12,15)(H,16,17). The summed E-state index contributed by atoms with van der Waals surface area (Å²) in [6.45, 7) is 1.14. The molecule has 9 nitrogen and oxygen atoms in total. The van der Waals surface area contributed by atoms with Gasteiger partial charge in [-0.05, 0) is 0 Å². The van der Waals surface area contributed by atoms with Gasteiger partial charge in [0.15, 0.2) is 9.84 Å². The molecule has 1 unspecified atom stereocenters. The van der Waals surface area contributed by atoms with Crippen LogP contribution >= 0.6 is 0 Å². The number of aliphatic carboxylic acids is 1. The van der Waals surface area contributed by atoms with Crippen molar-refractivity contribution in [1.29, 1.82) is 0 Å². The van der Waals surface area contributed by atoms with Crippen molar-refractivity contribution in [3.8, 4) is 0 Å². The topological polar surface area (TPSA) is 133 Å². The van der Waals surface area contributed by atoms with Gasteiger partial charge in [-0.3, -0.25) is 30.1 Å². The second-order valence-electron chi connectivity index (χ2n) is 4.57. The molecule has 1 heterocycles. The Kier molecular flexibility index (Phi) is 5.45. The van der Waals surface area contributed by atoms with Gasteiger partial charge in [-0.2, -0.15) is 0 Å². The summed E-state index contributed by atoms with van der Waals surface area (Å²) in [6.07, 6.45) is -0.355. The van der Waals surface area contributed by atoms with Crippen LogP contribution < -0.4 is 10.9 Å². The van der Waals surface area contributed by atoms with Crippen LogP contribution in [0.4, 0.5) is 0 Å². The van der Waals surface area contributed by atoms with Gasteiger partial charge < -0.3 is 5.11 Å². The summed E-state index contributed by atoms with van der Waals surface area (Å²) in [6, 6.07) is -0.741. The third-order valence-electron chi connectivity index (χ3n) is 2.79. The van der Waals surface area contributed by atoms with Crippen molar-refractivity contribution in [2.75, 3.05) is 24.6 Å². The van der Waals surface area contributed by atoms with Crippen LogP contribution in [-0.2, 0) is 24.2 Å². The van der Waals surface area contributed by atoms with Gasteiger partial charge >= 0.3 is 5.97 Å². The Morgan fingerprint density at radius 3 is 2.50 bits per heavy atom. The number of hydrogen-bond acceptors (Lipinski definition) is 6. The van der Waals surface area contributed by atoms with Crippen molar-refractivity contribution in [2.45, 2.75) is 19.4 Å². The van der Waals surface area contributed by atoms with Crippen LogP contribution in [0, 0.1) is 0 Å². The van der Waals surface area contributed by atoms with Gasteiger partial charge in [0.25, 0.3) is 5.91 Å². The van der Waals surface area contributed by atoms with Crippen LogP contribution in [0.1, 0.15) is 13.3 Å². The van der Waals surface area contributed by atoms with E-state index in [4.69, 9.17) is 5.11 Å². The fourth-order valence-electron chi connectivity index (χ4n) is 1.90. The van der Waals surface area contributed by atoms with Crippen LogP contribution in [0.2, 0.25) is 0 Å². The largest absolute Gasteiger partial charge is 0.481 e. The number of nitrogens with one attached hydrogen (secondary N) is 2. The second-order valence-corrected chi connectivity index (χ2v) is 6.79. The van der Waals surface area contributed by atoms with Gasteiger partial charge in [0.05, 0.1) is 24.5 Å². The van der Waals surface area contributed by atoms with E-state index in [-0.39, 0.29) is 31.0 Å². The zero-order chi connectivity index (χ0) is 15.3. The summed E-state index contributed by atoms with van der Waals surface area (Å²) in [5, 5.41) is 8.78. The summed E-state index contributed by atoms with van der Waals surface area (Å²) in [4.78, 5) is 34.4. The Labute approximate surface area is 116 Å². The normalized spacial score (nSPS) is 21.9. The van der Waals surface area contributed by atoms with Gasteiger partial charge in [-0.25, -0.2) is 8.42 Å². The Morgan fingerprint density at radius 2 is 1.95 bits per heavy atom. The fourth-order valence-corrected chi connectivity index (χ4v) is 3.49. The van der Waals surface area contributed by atoms with Crippen molar-refractivity contribution in [2.24, 2.45) is 0 Å². The van der Waals surface area contributed by atoms with Crippen molar-refractivity contribution in [1.82, 2.24) is 15.8 Å². The number of sulfone groups is 1. The molecule has 0 aliphatic carbocycles. The van der Waals surface area contributed by atoms with E-state index < -0.39 is 33.7 Å². The average molecular weight is 307 g/mol. The molecule has 3 N–H and O–H groups in total. The lowest BCUT2D eigenvalue weighted by atomic mass is 10.2. The number of nitrogens with zero attached hydrogens (tertiary/aromatic N) is 1. The SMILES string of the molecule is CC(=O)NNC(=O)CN1CCS(=O)(=O)CC1CC(=O)O. The van der Waals surface area contributed by atoms with Gasteiger partial charge in [0, 0.05) is 19.5 Å². The van der Waals surface area contributed by atoms with E-state index in [0.29, 0.717) is 0 Å². The van der Waals surface area contributed by atoms with Crippen molar-refractivity contribution in [3.63, 3.8) is 0 Å². The molecule has 0 saturated carbocycles. The number of hydrazine groups is 1. The maximum Gasteiger partial charge on any atom is 0.304 e. The van der Waals surface area contributed by atoms with E-state index in [0.717, 1.165) is 0 Å². The predicted molar refractivity (Wildman–Crippen MR) is 68.2 cm³/mol. The van der Waals surface area contributed by atoms with E-state index in [9.17, 15) is 22.8 Å². The summed E-state index contributed by atoms with van der Waals surface area (Å²) in [5.41, 5.74) is 4.25. The highest BCUT2D eigenvalue weighted by Crippen LogP contribution is 2.14. The number of amides is 2. The van der Waals surface area contributed by atoms with Crippen molar-refractivity contribution in [3.05, 3.63) is 0 Å². The molecule has 0 radical (unpaired) electrons. The first-order valence-electron chi connectivity index (χ1n) is 5.91. The van der Waals surface area contributed by atoms with Gasteiger partial charge in [-0.1, -0.05) is 0 Å². The zero-order valence-electron chi connectivity index (χ0n) is 11.0. The molecule has 0 aromatic carbocycles. The van der Waals surface area contributed by atoms with E-state index in [1.165, 1.54) is 11.8 Å². The minimum absolute atomic E-state index is 0.0910. The van der Waals surface area contributed by atoms with Crippen LogP contribution in [0.3, 0.4) is 0 Å². The van der Waals surface area contributed by atoms with E-state index in [1.807, 2.05) is 0 Å². The molecule has 2 amide bonds. The number of hydrogen-bond donors (Lipinski definition) is 3. The maximum atomic E-state index is 11.5. The molecule has 10 heteroatoms. The molecule has 0 bridgehead atoms. The molecule has 1 atom stereocenters. The Balaban J connectivity index is 2.63. The van der Waals surface area contributed by atoms with Gasteiger partial charge in [0.1, 0.15) is 0 Å². The summed E-state index contributed by atoms with van der Waals surface area (Å²) in [5.74, 6) is -2.50. The van der Waals surface area contributed by atoms with E-state index >= 15 is 0 Å². The fraction of sp³-hybridized carbons (Fsp3) is 0.700. The molecular weight excluding hydrogens is 290 g/mol. The van der Waals surface area contributed by atoms with Gasteiger partial charge in [0.2, 0.25) is 5.91 Å². The highest BCUT2D eigenvalue weighted by atomic mass is 32.2. The van der Waals surface area contributed by atoms with Crippen molar-refractivity contribution >= 4 is 27.6 Å². The molecule has 1 rings (SSSR count). The quantitative estimate of drug-likeness (QED) is 0.499. The van der Waals surface area contributed by atoms with E-state index in [1.54, 1.807) is 0 Å². The minimum atomic E-state index is -3.28. The Morgan fingerprint density at radius 1 is 1.30 bits per heavy atom. The molecule has 1 aliphatic rings. The van der Waals surface area contributed by atoms with Crippen LogP contribution in [-0.4, -0.2) is 66.8 Å². The van der Waals surface area contributed by atoms with Crippen molar-refractivity contribution < 1.29 is 27.9 Å².